The van der Waals surface area contributed by atoms with Crippen molar-refractivity contribution in [3.05, 3.63) is 30.1 Å². The third-order valence-corrected chi connectivity index (χ3v) is 3.07. The molecule has 0 fully saturated rings. The number of aryl methyl sites for hydroxylation is 1. The number of ether oxygens (including phenoxy) is 2. The van der Waals surface area contributed by atoms with E-state index in [1.807, 2.05) is 36.1 Å². The molecule has 0 aliphatic rings. The van der Waals surface area contributed by atoms with Gasteiger partial charge in [-0.3, -0.25) is 4.68 Å². The molecule has 0 unspecified atom stereocenters. The molecule has 0 aliphatic heterocycles. The fourth-order valence-electron chi connectivity index (χ4n) is 2.08. The SMILES string of the molecule is COc1cc(C)cc(OC)c1-c1cnn(C(C)C)c1.[Pt]. The van der Waals surface area contributed by atoms with Crippen LogP contribution in [0.4, 0.5) is 0 Å². The van der Waals surface area contributed by atoms with Crippen LogP contribution in [0.25, 0.3) is 11.1 Å². The van der Waals surface area contributed by atoms with Crippen molar-refractivity contribution in [1.82, 2.24) is 9.78 Å². The molecule has 5 heteroatoms. The molecule has 20 heavy (non-hydrogen) atoms. The molecule has 2 rings (SSSR count). The molecular weight excluding hydrogens is 435 g/mol. The Kier molecular flexibility index (Phi) is 5.82. The van der Waals surface area contributed by atoms with Gasteiger partial charge in [-0.2, -0.15) is 5.10 Å². The van der Waals surface area contributed by atoms with Gasteiger partial charge in [-0.1, -0.05) is 0 Å². The minimum atomic E-state index is 0. The van der Waals surface area contributed by atoms with E-state index in [2.05, 4.69) is 18.9 Å². The number of rotatable bonds is 4. The number of aromatic nitrogens is 2. The Labute approximate surface area is 134 Å². The molecule has 0 saturated heterocycles. The van der Waals surface area contributed by atoms with Crippen LogP contribution in [0.1, 0.15) is 25.5 Å². The van der Waals surface area contributed by atoms with E-state index < -0.39 is 0 Å². The quantitative estimate of drug-likeness (QED) is 0.709. The van der Waals surface area contributed by atoms with E-state index >= 15 is 0 Å². The van der Waals surface area contributed by atoms with Gasteiger partial charge in [-0.25, -0.2) is 0 Å². The maximum absolute atomic E-state index is 5.48. The summed E-state index contributed by atoms with van der Waals surface area (Å²) in [6, 6.07) is 4.34. The Morgan fingerprint density at radius 3 is 2.05 bits per heavy atom. The first kappa shape index (κ1) is 16.8. The first-order valence-corrected chi connectivity index (χ1v) is 6.34. The summed E-state index contributed by atoms with van der Waals surface area (Å²) in [4.78, 5) is 0. The van der Waals surface area contributed by atoms with Crippen molar-refractivity contribution in [3.8, 4) is 22.6 Å². The summed E-state index contributed by atoms with van der Waals surface area (Å²) in [7, 11) is 3.34. The summed E-state index contributed by atoms with van der Waals surface area (Å²) in [6.45, 7) is 6.22. The van der Waals surface area contributed by atoms with Gasteiger partial charge < -0.3 is 9.47 Å². The van der Waals surface area contributed by atoms with Crippen LogP contribution in [-0.4, -0.2) is 24.0 Å². The van der Waals surface area contributed by atoms with Crippen molar-refractivity contribution in [1.29, 1.82) is 0 Å². The number of nitrogens with zero attached hydrogens (tertiary/aromatic N) is 2. The van der Waals surface area contributed by atoms with Crippen LogP contribution >= 0.6 is 0 Å². The summed E-state index contributed by atoms with van der Waals surface area (Å²) < 4.78 is 12.9. The summed E-state index contributed by atoms with van der Waals surface area (Å²) >= 11 is 0. The van der Waals surface area contributed by atoms with Gasteiger partial charge in [-0.05, 0) is 38.5 Å². The Morgan fingerprint density at radius 1 is 1.10 bits per heavy atom. The summed E-state index contributed by atoms with van der Waals surface area (Å²) in [5, 5.41) is 4.37. The van der Waals surface area contributed by atoms with Crippen LogP contribution in [0, 0.1) is 6.92 Å². The molecule has 112 valence electrons. The zero-order chi connectivity index (χ0) is 14.0. The van der Waals surface area contributed by atoms with Crippen molar-refractivity contribution >= 4 is 0 Å². The second-order valence-corrected chi connectivity index (χ2v) is 4.85. The first-order valence-electron chi connectivity index (χ1n) is 6.34. The average Bonchev–Trinajstić information content (AvgIpc) is 2.86. The number of methoxy groups -OCH3 is 2. The predicted octanol–water partition coefficient (Wildman–Crippen LogP) is 3.45. The van der Waals surface area contributed by atoms with Crippen molar-refractivity contribution < 1.29 is 30.5 Å². The molecule has 0 saturated carbocycles. The molecule has 0 aliphatic carbocycles. The van der Waals surface area contributed by atoms with E-state index in [9.17, 15) is 0 Å². The van der Waals surface area contributed by atoms with Crippen molar-refractivity contribution in [2.75, 3.05) is 14.2 Å². The van der Waals surface area contributed by atoms with Crippen molar-refractivity contribution in [3.63, 3.8) is 0 Å². The fraction of sp³-hybridized carbons (Fsp3) is 0.400. The average molecular weight is 455 g/mol. The van der Waals surface area contributed by atoms with E-state index in [0.29, 0.717) is 6.04 Å². The van der Waals surface area contributed by atoms with Crippen LogP contribution in [-0.2, 0) is 21.1 Å². The van der Waals surface area contributed by atoms with Crippen molar-refractivity contribution in [2.24, 2.45) is 0 Å². The van der Waals surface area contributed by atoms with E-state index in [0.717, 1.165) is 28.2 Å². The summed E-state index contributed by atoms with van der Waals surface area (Å²) in [6.07, 6.45) is 3.86. The second-order valence-electron chi connectivity index (χ2n) is 4.85. The van der Waals surface area contributed by atoms with E-state index in [1.165, 1.54) is 0 Å². The Morgan fingerprint density at radius 2 is 1.65 bits per heavy atom. The Hall–Kier alpha value is -1.28. The van der Waals surface area contributed by atoms with E-state index in [1.54, 1.807) is 14.2 Å². The minimum absolute atomic E-state index is 0. The van der Waals surface area contributed by atoms with Crippen LogP contribution < -0.4 is 9.47 Å². The van der Waals surface area contributed by atoms with Crippen LogP contribution in [0.5, 0.6) is 11.5 Å². The molecule has 0 amide bonds. The first-order chi connectivity index (χ1) is 9.06. The van der Waals surface area contributed by atoms with Gasteiger partial charge in [-0.15, -0.1) is 0 Å². The van der Waals surface area contributed by atoms with Crippen LogP contribution in [0.3, 0.4) is 0 Å². The molecule has 0 spiro atoms. The molecule has 0 radical (unpaired) electrons. The van der Waals surface area contributed by atoms with E-state index in [-0.39, 0.29) is 21.1 Å². The number of benzene rings is 1. The van der Waals surface area contributed by atoms with Gasteiger partial charge in [0, 0.05) is 38.9 Å². The smallest absolute Gasteiger partial charge is 0.130 e. The molecule has 1 aromatic heterocycles. The normalized spacial score (nSPS) is 10.3. The molecule has 0 bridgehead atoms. The Balaban J connectivity index is 0.00000200. The largest absolute Gasteiger partial charge is 0.496 e. The third-order valence-electron chi connectivity index (χ3n) is 3.07. The molecular formula is C15H20N2O2Pt. The van der Waals surface area contributed by atoms with Gasteiger partial charge in [0.15, 0.2) is 0 Å². The van der Waals surface area contributed by atoms with Crippen LogP contribution in [0.2, 0.25) is 0 Å². The summed E-state index contributed by atoms with van der Waals surface area (Å²) in [5.41, 5.74) is 3.05. The van der Waals surface area contributed by atoms with Gasteiger partial charge in [0.2, 0.25) is 0 Å². The standard InChI is InChI=1S/C15H20N2O2.Pt/c1-10(2)17-9-12(8-16-17)15-13(18-4)6-11(3)7-14(15)19-5;/h6-10H,1-5H3;. The second kappa shape index (κ2) is 6.94. The molecule has 1 heterocycles. The van der Waals surface area contributed by atoms with Crippen molar-refractivity contribution in [2.45, 2.75) is 26.8 Å². The monoisotopic (exact) mass is 455 g/mol. The number of hydrogen-bond donors (Lipinski definition) is 0. The zero-order valence-electron chi connectivity index (χ0n) is 12.4. The third kappa shape index (κ3) is 3.24. The van der Waals surface area contributed by atoms with Crippen LogP contribution in [0.15, 0.2) is 24.5 Å². The molecule has 2 aromatic rings. The minimum Gasteiger partial charge on any atom is -0.496 e. The predicted molar refractivity (Wildman–Crippen MR) is 75.9 cm³/mol. The molecule has 0 N–H and O–H groups in total. The summed E-state index contributed by atoms with van der Waals surface area (Å²) in [5.74, 6) is 1.61. The van der Waals surface area contributed by atoms with Gasteiger partial charge in [0.25, 0.3) is 0 Å². The zero-order valence-corrected chi connectivity index (χ0v) is 14.7. The van der Waals surface area contributed by atoms with Gasteiger partial charge >= 0.3 is 0 Å². The number of hydrogen-bond acceptors (Lipinski definition) is 3. The fourth-order valence-corrected chi connectivity index (χ4v) is 2.08. The van der Waals surface area contributed by atoms with Gasteiger partial charge in [0.1, 0.15) is 11.5 Å². The topological polar surface area (TPSA) is 36.3 Å². The van der Waals surface area contributed by atoms with E-state index in [4.69, 9.17) is 9.47 Å². The Bertz CT molecular complexity index is 554. The van der Waals surface area contributed by atoms with Gasteiger partial charge in [0.05, 0.1) is 26.0 Å². The molecule has 1 aromatic carbocycles. The molecule has 0 atom stereocenters. The molecule has 4 nitrogen and oxygen atoms in total. The maximum atomic E-state index is 5.48. The maximum Gasteiger partial charge on any atom is 0.130 e.